The molecule has 0 aliphatic heterocycles. The van der Waals surface area contributed by atoms with Crippen molar-refractivity contribution in [2.24, 2.45) is 0 Å². The lowest BCUT2D eigenvalue weighted by molar-refractivity contribution is 0.605. The molecule has 17 heavy (non-hydrogen) atoms. The van der Waals surface area contributed by atoms with Gasteiger partial charge < -0.3 is 0 Å². The van der Waals surface area contributed by atoms with E-state index in [-0.39, 0.29) is 0 Å². The van der Waals surface area contributed by atoms with E-state index in [9.17, 15) is 0 Å². The van der Waals surface area contributed by atoms with Crippen molar-refractivity contribution >= 4 is 29.6 Å². The molecule has 0 aromatic heterocycles. The molecule has 0 spiro atoms. The largest absolute Gasteiger partial charge is 0.240 e. The highest BCUT2D eigenvalue weighted by Crippen LogP contribution is 2.28. The van der Waals surface area contributed by atoms with Gasteiger partial charge in [0, 0.05) is 0 Å². The van der Waals surface area contributed by atoms with Crippen LogP contribution in [0.4, 0.5) is 0 Å². The first kappa shape index (κ1) is 15.1. The molecular weight excluding hydrogens is 267 g/mol. The molecule has 0 aliphatic carbocycles. The van der Waals surface area contributed by atoms with E-state index in [4.69, 9.17) is 22.2 Å². The number of halogens is 2. The molecule has 96 valence electrons. The van der Waals surface area contributed by atoms with E-state index in [0.29, 0.717) is 5.54 Å². The Balaban J connectivity index is 2.38. The molecule has 0 bridgehead atoms. The number of benzene rings is 1. The molecule has 1 aromatic carbocycles. The second kappa shape index (κ2) is 9.01. The Morgan fingerprint density at radius 1 is 1.06 bits per heavy atom. The zero-order valence-corrected chi connectivity index (χ0v) is 13.2. The number of hydrogen-bond donors (Lipinski definition) is 0. The maximum atomic E-state index is 6.21. The number of rotatable bonds is 8. The molecule has 0 heterocycles. The lowest BCUT2D eigenvalue weighted by Gasteiger charge is -2.16. The Labute approximate surface area is 116 Å². The van der Waals surface area contributed by atoms with Crippen LogP contribution in [0.15, 0.2) is 30.3 Å². The summed E-state index contributed by atoms with van der Waals surface area (Å²) in [5.41, 5.74) is 1.89. The van der Waals surface area contributed by atoms with E-state index in [2.05, 4.69) is 37.3 Å². The standard InChI is InChI=1S/C14H22Cl2Si/c1-2-3-4-8-11-14(17(15)16)12-13-9-6-5-7-10-13/h5-7,9-10,14,17H,2-4,8,11-12H2,1H3. The van der Waals surface area contributed by atoms with Gasteiger partial charge in [-0.25, -0.2) is 0 Å². The summed E-state index contributed by atoms with van der Waals surface area (Å²) in [6.45, 7) is 2.24. The first-order valence-corrected chi connectivity index (χ1v) is 10.7. The molecule has 0 N–H and O–H groups in total. The van der Waals surface area contributed by atoms with Crippen molar-refractivity contribution in [3.8, 4) is 0 Å². The molecule has 0 saturated heterocycles. The molecule has 0 saturated carbocycles. The molecule has 0 radical (unpaired) electrons. The summed E-state index contributed by atoms with van der Waals surface area (Å²) in [6, 6.07) is 10.6. The van der Waals surface area contributed by atoms with Crippen molar-refractivity contribution in [2.75, 3.05) is 0 Å². The zero-order valence-electron chi connectivity index (χ0n) is 10.5. The van der Waals surface area contributed by atoms with Crippen molar-refractivity contribution in [1.82, 2.24) is 0 Å². The molecule has 0 aliphatic rings. The minimum absolute atomic E-state index is 0.526. The highest BCUT2D eigenvalue weighted by molar-refractivity contribution is 7.34. The van der Waals surface area contributed by atoms with Crippen LogP contribution in [0.25, 0.3) is 0 Å². The van der Waals surface area contributed by atoms with Gasteiger partial charge >= 0.3 is 0 Å². The molecule has 0 amide bonds. The molecule has 1 atom stereocenters. The Bertz CT molecular complexity index is 288. The predicted octanol–water partition coefficient (Wildman–Crippen LogP) is 5.27. The Hall–Kier alpha value is 0.0169. The minimum Gasteiger partial charge on any atom is -0.150 e. The summed E-state index contributed by atoms with van der Waals surface area (Å²) >= 11 is 12.4. The summed E-state index contributed by atoms with van der Waals surface area (Å²) in [6.07, 6.45) is 7.45. The molecule has 0 fully saturated rings. The van der Waals surface area contributed by atoms with Crippen molar-refractivity contribution in [3.63, 3.8) is 0 Å². The monoisotopic (exact) mass is 288 g/mol. The van der Waals surface area contributed by atoms with E-state index in [1.807, 2.05) is 0 Å². The van der Waals surface area contributed by atoms with E-state index in [0.717, 1.165) is 6.42 Å². The van der Waals surface area contributed by atoms with Crippen molar-refractivity contribution in [2.45, 2.75) is 51.0 Å². The third-order valence-electron chi connectivity index (χ3n) is 3.13. The van der Waals surface area contributed by atoms with Crippen LogP contribution in [0.2, 0.25) is 5.54 Å². The fraction of sp³-hybridized carbons (Fsp3) is 0.571. The van der Waals surface area contributed by atoms with E-state index in [1.165, 1.54) is 37.7 Å². The highest BCUT2D eigenvalue weighted by atomic mass is 35.7. The van der Waals surface area contributed by atoms with Gasteiger partial charge in [0.25, 0.3) is 0 Å². The van der Waals surface area contributed by atoms with Crippen molar-refractivity contribution < 1.29 is 0 Å². The fourth-order valence-electron chi connectivity index (χ4n) is 2.07. The second-order valence-electron chi connectivity index (χ2n) is 4.63. The molecule has 0 nitrogen and oxygen atoms in total. The molecule has 1 aromatic rings. The molecule has 1 unspecified atom stereocenters. The van der Waals surface area contributed by atoms with Crippen LogP contribution < -0.4 is 0 Å². The lowest BCUT2D eigenvalue weighted by Crippen LogP contribution is -2.10. The predicted molar refractivity (Wildman–Crippen MR) is 81.5 cm³/mol. The number of unbranched alkanes of at least 4 members (excludes halogenated alkanes) is 3. The van der Waals surface area contributed by atoms with E-state index >= 15 is 0 Å². The smallest absolute Gasteiger partial charge is 0.150 e. The summed E-state index contributed by atoms with van der Waals surface area (Å²) in [5.74, 6) is 0. The maximum absolute atomic E-state index is 6.21. The Morgan fingerprint density at radius 3 is 2.35 bits per heavy atom. The second-order valence-corrected chi connectivity index (χ2v) is 9.74. The van der Waals surface area contributed by atoms with Gasteiger partial charge in [0.05, 0.1) is 0 Å². The first-order chi connectivity index (χ1) is 8.24. The highest BCUT2D eigenvalue weighted by Gasteiger charge is 2.19. The van der Waals surface area contributed by atoms with Gasteiger partial charge in [-0.3, -0.25) is 0 Å². The van der Waals surface area contributed by atoms with Crippen LogP contribution in [0, 0.1) is 0 Å². The summed E-state index contributed by atoms with van der Waals surface area (Å²) in [7, 11) is -1.56. The summed E-state index contributed by atoms with van der Waals surface area (Å²) < 4.78 is 0. The molecule has 3 heteroatoms. The van der Waals surface area contributed by atoms with Crippen LogP contribution in [0.1, 0.15) is 44.6 Å². The van der Waals surface area contributed by atoms with Crippen LogP contribution >= 0.6 is 22.2 Å². The quantitative estimate of drug-likeness (QED) is 0.347. The summed E-state index contributed by atoms with van der Waals surface area (Å²) in [4.78, 5) is 0. The van der Waals surface area contributed by atoms with Gasteiger partial charge in [0.1, 0.15) is 0 Å². The normalized spacial score (nSPS) is 12.9. The van der Waals surface area contributed by atoms with Gasteiger partial charge in [-0.2, -0.15) is 22.2 Å². The van der Waals surface area contributed by atoms with Gasteiger partial charge in [-0.05, 0) is 17.5 Å². The van der Waals surface area contributed by atoms with Gasteiger partial charge in [-0.1, -0.05) is 69.4 Å². The fourth-order valence-corrected chi connectivity index (χ4v) is 4.30. The third-order valence-corrected chi connectivity index (χ3v) is 6.55. The first-order valence-electron chi connectivity index (χ1n) is 6.56. The van der Waals surface area contributed by atoms with E-state index < -0.39 is 7.42 Å². The lowest BCUT2D eigenvalue weighted by atomic mass is 10.0. The van der Waals surface area contributed by atoms with Crippen LogP contribution in [-0.4, -0.2) is 7.42 Å². The molecule has 1 rings (SSSR count). The van der Waals surface area contributed by atoms with Crippen molar-refractivity contribution in [1.29, 1.82) is 0 Å². The van der Waals surface area contributed by atoms with Crippen LogP contribution in [0.5, 0.6) is 0 Å². The maximum Gasteiger partial charge on any atom is 0.240 e. The topological polar surface area (TPSA) is 0 Å². The Kier molecular flexibility index (Phi) is 7.99. The SMILES string of the molecule is CCCCCCC(Cc1ccccc1)[SiH](Cl)Cl. The zero-order chi connectivity index (χ0) is 12.5. The van der Waals surface area contributed by atoms with Crippen LogP contribution in [0.3, 0.4) is 0 Å². The summed E-state index contributed by atoms with van der Waals surface area (Å²) in [5, 5.41) is 0. The average molecular weight is 289 g/mol. The number of hydrogen-bond acceptors (Lipinski definition) is 0. The Morgan fingerprint density at radius 2 is 1.76 bits per heavy atom. The molecular formula is C14H22Cl2Si. The third kappa shape index (κ3) is 6.49. The van der Waals surface area contributed by atoms with Crippen LogP contribution in [-0.2, 0) is 6.42 Å². The van der Waals surface area contributed by atoms with Gasteiger partial charge in [0.15, 0.2) is 0 Å². The van der Waals surface area contributed by atoms with E-state index in [1.54, 1.807) is 0 Å². The van der Waals surface area contributed by atoms with Gasteiger partial charge in [-0.15, -0.1) is 0 Å². The van der Waals surface area contributed by atoms with Gasteiger partial charge in [0.2, 0.25) is 7.42 Å². The average Bonchev–Trinajstić information content (AvgIpc) is 2.34. The minimum atomic E-state index is -1.56. The van der Waals surface area contributed by atoms with Crippen molar-refractivity contribution in [3.05, 3.63) is 35.9 Å².